The van der Waals surface area contributed by atoms with Crippen molar-refractivity contribution in [3.63, 3.8) is 0 Å². The summed E-state index contributed by atoms with van der Waals surface area (Å²) in [5.41, 5.74) is 11.7. The number of benzene rings is 7. The molecular formula is C44H26N4. The number of nitrogens with zero attached hydrogens (tertiary/aromatic N) is 4. The van der Waals surface area contributed by atoms with Gasteiger partial charge in [0.2, 0.25) is 0 Å². The number of nitriles is 2. The van der Waals surface area contributed by atoms with Crippen LogP contribution in [0.25, 0.3) is 77.2 Å². The van der Waals surface area contributed by atoms with Crippen molar-refractivity contribution in [3.8, 4) is 45.8 Å². The van der Waals surface area contributed by atoms with Gasteiger partial charge in [-0.25, -0.2) is 0 Å². The molecule has 2 heterocycles. The monoisotopic (exact) mass is 610 g/mol. The van der Waals surface area contributed by atoms with Crippen LogP contribution in [-0.2, 0) is 0 Å². The van der Waals surface area contributed by atoms with Crippen LogP contribution in [0.3, 0.4) is 0 Å². The van der Waals surface area contributed by atoms with Gasteiger partial charge in [0.15, 0.2) is 0 Å². The first-order valence-electron chi connectivity index (χ1n) is 15.9. The Hall–Kier alpha value is -6.88. The number of para-hydroxylation sites is 3. The molecule has 0 atom stereocenters. The van der Waals surface area contributed by atoms with E-state index in [2.05, 4.69) is 124 Å². The number of hydrogen-bond acceptors (Lipinski definition) is 2. The highest BCUT2D eigenvalue weighted by atomic mass is 15.0. The Bertz CT molecular complexity index is 2760. The number of rotatable bonds is 4. The van der Waals surface area contributed by atoms with E-state index in [0.717, 1.165) is 66.5 Å². The van der Waals surface area contributed by atoms with Crippen LogP contribution in [0.4, 0.5) is 0 Å². The van der Waals surface area contributed by atoms with E-state index in [4.69, 9.17) is 0 Å². The van der Waals surface area contributed by atoms with E-state index >= 15 is 0 Å². The van der Waals surface area contributed by atoms with Crippen molar-refractivity contribution in [1.29, 1.82) is 10.5 Å². The molecule has 0 N–H and O–H groups in total. The van der Waals surface area contributed by atoms with Crippen molar-refractivity contribution in [1.82, 2.24) is 9.13 Å². The summed E-state index contributed by atoms with van der Waals surface area (Å²) in [7, 11) is 0. The summed E-state index contributed by atoms with van der Waals surface area (Å²) in [6, 6.07) is 59.1. The van der Waals surface area contributed by atoms with E-state index < -0.39 is 0 Å². The molecule has 0 aliphatic rings. The average Bonchev–Trinajstić information content (AvgIpc) is 3.67. The third-order valence-corrected chi connectivity index (χ3v) is 9.35. The predicted molar refractivity (Wildman–Crippen MR) is 195 cm³/mol. The van der Waals surface area contributed by atoms with E-state index in [9.17, 15) is 10.5 Å². The first-order valence-corrected chi connectivity index (χ1v) is 15.9. The van der Waals surface area contributed by atoms with Crippen molar-refractivity contribution >= 4 is 43.6 Å². The lowest BCUT2D eigenvalue weighted by Gasteiger charge is -2.15. The lowest BCUT2D eigenvalue weighted by atomic mass is 9.95. The van der Waals surface area contributed by atoms with Gasteiger partial charge in [-0.1, -0.05) is 84.9 Å². The maximum absolute atomic E-state index is 10.1. The Labute approximate surface area is 277 Å². The van der Waals surface area contributed by atoms with E-state index in [-0.39, 0.29) is 0 Å². The Balaban J connectivity index is 1.32. The van der Waals surface area contributed by atoms with Crippen LogP contribution in [0.5, 0.6) is 0 Å². The zero-order valence-corrected chi connectivity index (χ0v) is 25.8. The number of aromatic nitrogens is 2. The first kappa shape index (κ1) is 27.4. The molecule has 222 valence electrons. The van der Waals surface area contributed by atoms with Crippen LogP contribution >= 0.6 is 0 Å². The SMILES string of the molecule is N#Cc1ccc2c(c1)c1ccccc1n2-c1cc(-c2cccc(-n3c4ccccc4c4ccccc43)c2)cc(-c2ccccc2C#N)c1. The van der Waals surface area contributed by atoms with Crippen LogP contribution in [-0.4, -0.2) is 9.13 Å². The fourth-order valence-electron chi connectivity index (χ4n) is 7.24. The van der Waals surface area contributed by atoms with E-state index in [1.807, 2.05) is 54.6 Å². The van der Waals surface area contributed by atoms with Crippen molar-refractivity contribution in [2.45, 2.75) is 0 Å². The number of fused-ring (bicyclic) bond motifs is 6. The average molecular weight is 611 g/mol. The molecule has 9 rings (SSSR count). The Morgan fingerprint density at radius 3 is 1.62 bits per heavy atom. The highest BCUT2D eigenvalue weighted by molar-refractivity contribution is 6.10. The van der Waals surface area contributed by atoms with Gasteiger partial charge in [-0.15, -0.1) is 0 Å². The van der Waals surface area contributed by atoms with Crippen LogP contribution < -0.4 is 0 Å². The Morgan fingerprint density at radius 2 is 0.938 bits per heavy atom. The fourth-order valence-corrected chi connectivity index (χ4v) is 7.24. The standard InChI is InChI=1S/C44H26N4/c45-27-29-20-21-44-40(22-29)39-16-5-8-19-43(39)48(44)35-25-32(23-33(26-35)36-13-2-1-10-31(36)28-46)30-11-9-12-34(24-30)47-41-17-6-3-14-37(41)38-15-4-7-18-42(38)47/h1-26H. The molecule has 9 aromatic rings. The normalized spacial score (nSPS) is 11.3. The minimum atomic E-state index is 0.625. The summed E-state index contributed by atoms with van der Waals surface area (Å²) in [5.74, 6) is 0. The maximum Gasteiger partial charge on any atom is 0.0998 e. The minimum Gasteiger partial charge on any atom is -0.309 e. The van der Waals surface area contributed by atoms with Gasteiger partial charge < -0.3 is 9.13 Å². The molecule has 0 bridgehead atoms. The second-order valence-corrected chi connectivity index (χ2v) is 12.0. The quantitative estimate of drug-likeness (QED) is 0.199. The van der Waals surface area contributed by atoms with Gasteiger partial charge >= 0.3 is 0 Å². The molecule has 0 amide bonds. The maximum atomic E-state index is 10.1. The summed E-state index contributed by atoms with van der Waals surface area (Å²) >= 11 is 0. The summed E-state index contributed by atoms with van der Waals surface area (Å²) in [4.78, 5) is 0. The molecule has 4 heteroatoms. The van der Waals surface area contributed by atoms with Crippen molar-refractivity contribution < 1.29 is 0 Å². The van der Waals surface area contributed by atoms with E-state index in [1.165, 1.54) is 10.8 Å². The van der Waals surface area contributed by atoms with Gasteiger partial charge in [-0.05, 0) is 95.1 Å². The molecule has 0 aliphatic heterocycles. The largest absolute Gasteiger partial charge is 0.309 e. The summed E-state index contributed by atoms with van der Waals surface area (Å²) in [6.45, 7) is 0. The van der Waals surface area contributed by atoms with Gasteiger partial charge in [0, 0.05) is 32.9 Å². The highest BCUT2D eigenvalue weighted by Gasteiger charge is 2.17. The van der Waals surface area contributed by atoms with Crippen LogP contribution in [0.2, 0.25) is 0 Å². The highest BCUT2D eigenvalue weighted by Crippen LogP contribution is 2.38. The van der Waals surface area contributed by atoms with E-state index in [1.54, 1.807) is 0 Å². The third kappa shape index (κ3) is 4.22. The van der Waals surface area contributed by atoms with Crippen molar-refractivity contribution in [3.05, 3.63) is 169 Å². The fraction of sp³-hybridized carbons (Fsp3) is 0. The smallest absolute Gasteiger partial charge is 0.0998 e. The molecular weight excluding hydrogens is 585 g/mol. The van der Waals surface area contributed by atoms with Crippen LogP contribution in [0.1, 0.15) is 11.1 Å². The molecule has 7 aromatic carbocycles. The number of hydrogen-bond donors (Lipinski definition) is 0. The summed E-state index contributed by atoms with van der Waals surface area (Å²) in [6.07, 6.45) is 0. The first-order chi connectivity index (χ1) is 23.7. The van der Waals surface area contributed by atoms with Gasteiger partial charge in [-0.2, -0.15) is 10.5 Å². The molecule has 0 unspecified atom stereocenters. The summed E-state index contributed by atoms with van der Waals surface area (Å²) in [5, 5.41) is 24.3. The van der Waals surface area contributed by atoms with Gasteiger partial charge in [-0.3, -0.25) is 0 Å². The lowest BCUT2D eigenvalue weighted by Crippen LogP contribution is -1.97. The molecule has 0 radical (unpaired) electrons. The van der Waals surface area contributed by atoms with Crippen LogP contribution in [0, 0.1) is 22.7 Å². The molecule has 0 fully saturated rings. The Kier molecular flexibility index (Phi) is 6.22. The predicted octanol–water partition coefficient (Wildman–Crippen LogP) is 11.0. The minimum absolute atomic E-state index is 0.625. The molecule has 0 saturated carbocycles. The zero-order chi connectivity index (χ0) is 32.2. The molecule has 0 spiro atoms. The molecule has 0 aliphatic carbocycles. The van der Waals surface area contributed by atoms with Gasteiger partial charge in [0.1, 0.15) is 0 Å². The van der Waals surface area contributed by atoms with Gasteiger partial charge in [0.25, 0.3) is 0 Å². The van der Waals surface area contributed by atoms with Crippen molar-refractivity contribution in [2.24, 2.45) is 0 Å². The second kappa shape index (κ2) is 10.9. The van der Waals surface area contributed by atoms with Gasteiger partial charge in [0.05, 0.1) is 45.3 Å². The third-order valence-electron chi connectivity index (χ3n) is 9.35. The summed E-state index contributed by atoms with van der Waals surface area (Å²) < 4.78 is 4.61. The van der Waals surface area contributed by atoms with E-state index in [0.29, 0.717) is 11.1 Å². The molecule has 4 nitrogen and oxygen atoms in total. The lowest BCUT2D eigenvalue weighted by molar-refractivity contribution is 1.17. The molecule has 0 saturated heterocycles. The zero-order valence-electron chi connectivity index (χ0n) is 25.8. The molecule has 48 heavy (non-hydrogen) atoms. The Morgan fingerprint density at radius 1 is 0.375 bits per heavy atom. The topological polar surface area (TPSA) is 57.4 Å². The molecule has 2 aromatic heterocycles. The van der Waals surface area contributed by atoms with Crippen molar-refractivity contribution in [2.75, 3.05) is 0 Å². The second-order valence-electron chi connectivity index (χ2n) is 12.0. The van der Waals surface area contributed by atoms with Crippen LogP contribution in [0.15, 0.2) is 158 Å².